The van der Waals surface area contributed by atoms with Crippen molar-refractivity contribution in [2.24, 2.45) is 0 Å². The Hall–Kier alpha value is -0.870. The lowest BCUT2D eigenvalue weighted by molar-refractivity contribution is 0.372. The van der Waals surface area contributed by atoms with E-state index in [4.69, 9.17) is 0 Å². The van der Waals surface area contributed by atoms with Crippen molar-refractivity contribution in [3.63, 3.8) is 0 Å². The lowest BCUT2D eigenvalue weighted by Crippen LogP contribution is -2.36. The van der Waals surface area contributed by atoms with Crippen LogP contribution < -0.4 is 5.32 Å². The lowest BCUT2D eigenvalue weighted by Gasteiger charge is -2.27. The predicted octanol–water partition coefficient (Wildman–Crippen LogP) is 1.74. The first-order valence-electron chi connectivity index (χ1n) is 4.51. The minimum atomic E-state index is 0.532. The van der Waals surface area contributed by atoms with Crippen LogP contribution in [-0.2, 0) is 0 Å². The fraction of sp³-hybridized carbons (Fsp3) is 0.444. The van der Waals surface area contributed by atoms with Crippen LogP contribution in [0.15, 0.2) is 11.6 Å². The summed E-state index contributed by atoms with van der Waals surface area (Å²) in [6, 6.07) is 0.532. The molecule has 68 valence electrons. The Morgan fingerprint density at radius 2 is 2.54 bits per heavy atom. The second-order valence-corrected chi connectivity index (χ2v) is 4.31. The zero-order valence-corrected chi connectivity index (χ0v) is 8.27. The van der Waals surface area contributed by atoms with Crippen molar-refractivity contribution in [1.29, 1.82) is 0 Å². The number of thiazole rings is 1. The van der Waals surface area contributed by atoms with Crippen LogP contribution >= 0.6 is 11.3 Å². The monoisotopic (exact) mass is 193 g/mol. The van der Waals surface area contributed by atoms with E-state index in [1.54, 1.807) is 11.3 Å². The van der Waals surface area contributed by atoms with Crippen molar-refractivity contribution in [3.05, 3.63) is 23.0 Å². The van der Waals surface area contributed by atoms with Crippen LogP contribution in [0.25, 0.3) is 4.96 Å². The van der Waals surface area contributed by atoms with E-state index in [1.165, 1.54) is 17.8 Å². The second-order valence-electron chi connectivity index (χ2n) is 3.43. The normalized spacial score (nSPS) is 22.1. The van der Waals surface area contributed by atoms with Gasteiger partial charge in [0.15, 0.2) is 4.96 Å². The fourth-order valence-electron chi connectivity index (χ4n) is 1.85. The summed E-state index contributed by atoms with van der Waals surface area (Å²) in [4.78, 5) is 5.63. The number of hydrogen-bond acceptors (Lipinski definition) is 3. The number of aryl methyl sites for hydroxylation is 1. The zero-order valence-electron chi connectivity index (χ0n) is 7.45. The van der Waals surface area contributed by atoms with Gasteiger partial charge in [0.25, 0.3) is 0 Å². The van der Waals surface area contributed by atoms with E-state index >= 15 is 0 Å². The number of fused-ring (bicyclic) bond motifs is 1. The highest BCUT2D eigenvalue weighted by atomic mass is 32.1. The van der Waals surface area contributed by atoms with Gasteiger partial charge >= 0.3 is 0 Å². The second kappa shape index (κ2) is 2.56. The quantitative estimate of drug-likeness (QED) is 0.747. The van der Waals surface area contributed by atoms with Gasteiger partial charge in [0.2, 0.25) is 0 Å². The fourth-order valence-corrected chi connectivity index (χ4v) is 2.62. The highest BCUT2D eigenvalue weighted by Gasteiger charge is 2.24. The van der Waals surface area contributed by atoms with Gasteiger partial charge in [-0.15, -0.1) is 11.3 Å². The lowest BCUT2D eigenvalue weighted by atomic mass is 10.0. The summed E-state index contributed by atoms with van der Waals surface area (Å²) >= 11 is 1.70. The van der Waals surface area contributed by atoms with Gasteiger partial charge in [-0.25, -0.2) is 4.98 Å². The molecule has 3 nitrogen and oxygen atoms in total. The average molecular weight is 193 g/mol. The number of hydrogen-bond donors (Lipinski definition) is 1. The summed E-state index contributed by atoms with van der Waals surface area (Å²) in [6.07, 6.45) is 3.35. The molecule has 13 heavy (non-hydrogen) atoms. The molecule has 1 unspecified atom stereocenters. The Bertz CT molecular complexity index is 439. The summed E-state index contributed by atoms with van der Waals surface area (Å²) in [6.45, 7) is 3.23. The summed E-state index contributed by atoms with van der Waals surface area (Å²) < 4.78 is 2.21. The Balaban J connectivity index is 2.22. The molecule has 1 fully saturated rings. The van der Waals surface area contributed by atoms with Gasteiger partial charge in [0.05, 0.1) is 17.4 Å². The summed E-state index contributed by atoms with van der Waals surface area (Å²) in [5.74, 6) is 0. The molecule has 2 aromatic rings. The number of imidazole rings is 1. The van der Waals surface area contributed by atoms with Crippen molar-refractivity contribution < 1.29 is 0 Å². The van der Waals surface area contributed by atoms with Crippen LogP contribution in [0.5, 0.6) is 0 Å². The maximum atomic E-state index is 4.52. The third-order valence-electron chi connectivity index (χ3n) is 2.64. The molecule has 0 saturated carbocycles. The molecule has 1 atom stereocenters. The Morgan fingerprint density at radius 1 is 1.69 bits per heavy atom. The molecule has 0 radical (unpaired) electrons. The molecular formula is C9H11N3S. The van der Waals surface area contributed by atoms with Gasteiger partial charge in [0.1, 0.15) is 0 Å². The summed E-state index contributed by atoms with van der Waals surface area (Å²) in [7, 11) is 0. The molecule has 0 bridgehead atoms. The first-order valence-corrected chi connectivity index (χ1v) is 5.39. The van der Waals surface area contributed by atoms with Gasteiger partial charge in [-0.3, -0.25) is 4.40 Å². The van der Waals surface area contributed by atoms with Crippen molar-refractivity contribution in [2.45, 2.75) is 19.4 Å². The molecule has 0 aliphatic carbocycles. The molecule has 0 spiro atoms. The topological polar surface area (TPSA) is 29.3 Å². The molecule has 1 N–H and O–H groups in total. The van der Waals surface area contributed by atoms with E-state index < -0.39 is 0 Å². The molecule has 1 aliphatic heterocycles. The van der Waals surface area contributed by atoms with Crippen molar-refractivity contribution >= 4 is 16.3 Å². The molecule has 4 heteroatoms. The van der Waals surface area contributed by atoms with Crippen LogP contribution in [0.2, 0.25) is 0 Å². The average Bonchev–Trinajstić information content (AvgIpc) is 2.51. The van der Waals surface area contributed by atoms with Gasteiger partial charge in [-0.2, -0.15) is 0 Å². The maximum absolute atomic E-state index is 4.52. The summed E-state index contributed by atoms with van der Waals surface area (Å²) in [5.41, 5.74) is 2.52. The number of nitrogens with one attached hydrogen (secondary N) is 1. The predicted molar refractivity (Wildman–Crippen MR) is 53.2 cm³/mol. The zero-order chi connectivity index (χ0) is 8.84. The summed E-state index contributed by atoms with van der Waals surface area (Å²) in [5, 5.41) is 5.50. The molecular weight excluding hydrogens is 182 g/mol. The van der Waals surface area contributed by atoms with Crippen LogP contribution in [0.3, 0.4) is 0 Å². The van der Waals surface area contributed by atoms with Crippen molar-refractivity contribution in [3.8, 4) is 0 Å². The highest BCUT2D eigenvalue weighted by molar-refractivity contribution is 7.15. The SMILES string of the molecule is Cc1nc2sccn2c1C1CCN1. The molecule has 3 rings (SSSR count). The van der Waals surface area contributed by atoms with Gasteiger partial charge < -0.3 is 5.32 Å². The molecule has 3 heterocycles. The van der Waals surface area contributed by atoms with E-state index in [0.717, 1.165) is 11.5 Å². The van der Waals surface area contributed by atoms with Crippen LogP contribution in [0.1, 0.15) is 23.9 Å². The number of aromatic nitrogens is 2. The van der Waals surface area contributed by atoms with Gasteiger partial charge in [0, 0.05) is 11.6 Å². The minimum absolute atomic E-state index is 0.532. The smallest absolute Gasteiger partial charge is 0.194 e. The van der Waals surface area contributed by atoms with Crippen LogP contribution in [0, 0.1) is 6.92 Å². The van der Waals surface area contributed by atoms with Crippen LogP contribution in [-0.4, -0.2) is 15.9 Å². The third-order valence-corrected chi connectivity index (χ3v) is 3.39. The molecule has 0 amide bonds. The largest absolute Gasteiger partial charge is 0.309 e. The van der Waals surface area contributed by atoms with E-state index in [0.29, 0.717) is 6.04 Å². The first kappa shape index (κ1) is 7.53. The Morgan fingerprint density at radius 3 is 3.23 bits per heavy atom. The molecule has 0 aromatic carbocycles. The van der Waals surface area contributed by atoms with Crippen LogP contribution in [0.4, 0.5) is 0 Å². The molecule has 1 aliphatic rings. The van der Waals surface area contributed by atoms with Crippen molar-refractivity contribution in [1.82, 2.24) is 14.7 Å². The highest BCUT2D eigenvalue weighted by Crippen LogP contribution is 2.28. The van der Waals surface area contributed by atoms with E-state index in [-0.39, 0.29) is 0 Å². The molecule has 2 aromatic heterocycles. The van der Waals surface area contributed by atoms with Gasteiger partial charge in [-0.05, 0) is 19.9 Å². The first-order chi connectivity index (χ1) is 6.36. The van der Waals surface area contributed by atoms with Crippen molar-refractivity contribution in [2.75, 3.05) is 6.54 Å². The molecule has 1 saturated heterocycles. The number of rotatable bonds is 1. The van der Waals surface area contributed by atoms with E-state index in [2.05, 4.69) is 33.2 Å². The Labute approximate surface area is 80.4 Å². The van der Waals surface area contributed by atoms with E-state index in [9.17, 15) is 0 Å². The minimum Gasteiger partial charge on any atom is -0.309 e. The van der Waals surface area contributed by atoms with Gasteiger partial charge in [-0.1, -0.05) is 0 Å². The number of nitrogens with zero attached hydrogens (tertiary/aromatic N) is 2. The standard InChI is InChI=1S/C9H11N3S/c1-6-8(7-2-3-10-7)12-4-5-13-9(12)11-6/h4-5,7,10H,2-3H2,1H3. The Kier molecular flexibility index (Phi) is 1.48. The van der Waals surface area contributed by atoms with E-state index in [1.807, 2.05) is 0 Å². The third kappa shape index (κ3) is 0.957. The maximum Gasteiger partial charge on any atom is 0.194 e.